The SMILES string of the molecule is Clc1ccc(-n2cnnn2)c(CNNc2ccccc2)c1. The van der Waals surface area contributed by atoms with Gasteiger partial charge in [-0.1, -0.05) is 29.8 Å². The molecule has 0 amide bonds. The van der Waals surface area contributed by atoms with Crippen LogP contribution in [0, 0.1) is 0 Å². The number of hydrazine groups is 1. The molecular formula is C14H13ClN6. The van der Waals surface area contributed by atoms with Crippen LogP contribution in [0.25, 0.3) is 5.69 Å². The van der Waals surface area contributed by atoms with Gasteiger partial charge < -0.3 is 5.43 Å². The number of nitrogens with zero attached hydrogens (tertiary/aromatic N) is 4. The first kappa shape index (κ1) is 13.5. The Morgan fingerprint density at radius 2 is 1.95 bits per heavy atom. The molecule has 0 fully saturated rings. The van der Waals surface area contributed by atoms with Gasteiger partial charge in [-0.15, -0.1) is 5.10 Å². The van der Waals surface area contributed by atoms with Crippen molar-refractivity contribution >= 4 is 17.3 Å². The summed E-state index contributed by atoms with van der Waals surface area (Å²) in [7, 11) is 0. The van der Waals surface area contributed by atoms with Crippen LogP contribution in [0.3, 0.4) is 0 Å². The number of benzene rings is 2. The first-order valence-electron chi connectivity index (χ1n) is 6.38. The molecular weight excluding hydrogens is 288 g/mol. The highest BCUT2D eigenvalue weighted by Gasteiger charge is 2.06. The number of nitrogens with one attached hydrogen (secondary N) is 2. The second-order valence-electron chi connectivity index (χ2n) is 4.37. The molecule has 0 unspecified atom stereocenters. The summed E-state index contributed by atoms with van der Waals surface area (Å²) in [5, 5.41) is 11.9. The van der Waals surface area contributed by atoms with Crippen molar-refractivity contribution in [2.24, 2.45) is 0 Å². The molecule has 0 aliphatic heterocycles. The lowest BCUT2D eigenvalue weighted by Crippen LogP contribution is -2.21. The van der Waals surface area contributed by atoms with E-state index in [1.807, 2.05) is 48.5 Å². The Kier molecular flexibility index (Phi) is 4.09. The lowest BCUT2D eigenvalue weighted by atomic mass is 10.2. The third kappa shape index (κ3) is 3.36. The average molecular weight is 301 g/mol. The van der Waals surface area contributed by atoms with Gasteiger partial charge in [-0.25, -0.2) is 10.1 Å². The molecule has 2 N–H and O–H groups in total. The third-order valence-corrected chi connectivity index (χ3v) is 3.16. The fourth-order valence-corrected chi connectivity index (χ4v) is 2.15. The number of hydrogen-bond acceptors (Lipinski definition) is 5. The van der Waals surface area contributed by atoms with Crippen molar-refractivity contribution < 1.29 is 0 Å². The van der Waals surface area contributed by atoms with Crippen molar-refractivity contribution in [2.45, 2.75) is 6.54 Å². The minimum atomic E-state index is 0.574. The first-order valence-corrected chi connectivity index (χ1v) is 6.76. The minimum Gasteiger partial charge on any atom is -0.321 e. The fraction of sp³-hybridized carbons (Fsp3) is 0.0714. The number of anilines is 1. The van der Waals surface area contributed by atoms with Gasteiger partial charge in [0.15, 0.2) is 0 Å². The van der Waals surface area contributed by atoms with Gasteiger partial charge in [0.25, 0.3) is 0 Å². The maximum Gasteiger partial charge on any atom is 0.143 e. The number of halogens is 1. The Morgan fingerprint density at radius 3 is 2.71 bits per heavy atom. The summed E-state index contributed by atoms with van der Waals surface area (Å²) in [6, 6.07) is 15.5. The highest BCUT2D eigenvalue weighted by atomic mass is 35.5. The predicted molar refractivity (Wildman–Crippen MR) is 81.1 cm³/mol. The topological polar surface area (TPSA) is 67.7 Å². The van der Waals surface area contributed by atoms with Crippen molar-refractivity contribution in [3.8, 4) is 5.69 Å². The smallest absolute Gasteiger partial charge is 0.143 e. The number of tetrazole rings is 1. The zero-order valence-electron chi connectivity index (χ0n) is 11.1. The van der Waals surface area contributed by atoms with Crippen LogP contribution in [-0.4, -0.2) is 20.2 Å². The molecule has 1 aromatic heterocycles. The summed E-state index contributed by atoms with van der Waals surface area (Å²) >= 11 is 6.07. The van der Waals surface area contributed by atoms with Gasteiger partial charge in [0.05, 0.1) is 5.69 Å². The summed E-state index contributed by atoms with van der Waals surface area (Å²) in [4.78, 5) is 0. The summed E-state index contributed by atoms with van der Waals surface area (Å²) in [6.07, 6.45) is 1.55. The molecule has 7 heteroatoms. The third-order valence-electron chi connectivity index (χ3n) is 2.92. The van der Waals surface area contributed by atoms with E-state index in [-0.39, 0.29) is 0 Å². The predicted octanol–water partition coefficient (Wildman–Crippen LogP) is 2.43. The number of hydrogen-bond donors (Lipinski definition) is 2. The Hall–Kier alpha value is -2.44. The number of para-hydroxylation sites is 1. The van der Waals surface area contributed by atoms with E-state index in [0.717, 1.165) is 16.9 Å². The quantitative estimate of drug-likeness (QED) is 0.708. The molecule has 0 aliphatic carbocycles. The van der Waals surface area contributed by atoms with E-state index in [0.29, 0.717) is 11.6 Å². The van der Waals surface area contributed by atoms with Gasteiger partial charge in [-0.05, 0) is 46.3 Å². The zero-order valence-corrected chi connectivity index (χ0v) is 11.8. The van der Waals surface area contributed by atoms with E-state index in [4.69, 9.17) is 11.6 Å². The largest absolute Gasteiger partial charge is 0.321 e. The van der Waals surface area contributed by atoms with E-state index in [2.05, 4.69) is 26.4 Å². The second-order valence-corrected chi connectivity index (χ2v) is 4.81. The molecule has 0 atom stereocenters. The zero-order chi connectivity index (χ0) is 14.5. The van der Waals surface area contributed by atoms with Gasteiger partial charge in [-0.3, -0.25) is 0 Å². The molecule has 0 radical (unpaired) electrons. The van der Waals surface area contributed by atoms with Crippen LogP contribution < -0.4 is 10.9 Å². The average Bonchev–Trinajstić information content (AvgIpc) is 3.03. The van der Waals surface area contributed by atoms with Crippen molar-refractivity contribution in [3.05, 3.63) is 65.4 Å². The minimum absolute atomic E-state index is 0.574. The van der Waals surface area contributed by atoms with E-state index >= 15 is 0 Å². The van der Waals surface area contributed by atoms with E-state index in [1.165, 1.54) is 0 Å². The molecule has 3 rings (SSSR count). The van der Waals surface area contributed by atoms with E-state index in [1.54, 1.807) is 11.0 Å². The lowest BCUT2D eigenvalue weighted by molar-refractivity contribution is 0.753. The van der Waals surface area contributed by atoms with Gasteiger partial charge >= 0.3 is 0 Å². The Morgan fingerprint density at radius 1 is 1.10 bits per heavy atom. The van der Waals surface area contributed by atoms with Crippen LogP contribution in [0.1, 0.15) is 5.56 Å². The van der Waals surface area contributed by atoms with Crippen LogP contribution in [0.2, 0.25) is 5.02 Å². The Labute approximate surface area is 126 Å². The molecule has 0 spiro atoms. The van der Waals surface area contributed by atoms with Crippen molar-refractivity contribution in [1.29, 1.82) is 0 Å². The van der Waals surface area contributed by atoms with Crippen LogP contribution in [0.15, 0.2) is 54.9 Å². The Balaban J connectivity index is 1.74. The van der Waals surface area contributed by atoms with Gasteiger partial charge in [0, 0.05) is 17.3 Å². The molecule has 6 nitrogen and oxygen atoms in total. The normalized spacial score (nSPS) is 10.5. The van der Waals surface area contributed by atoms with Crippen LogP contribution >= 0.6 is 11.6 Å². The van der Waals surface area contributed by atoms with Gasteiger partial charge in [-0.2, -0.15) is 0 Å². The van der Waals surface area contributed by atoms with Crippen molar-refractivity contribution in [3.63, 3.8) is 0 Å². The highest BCUT2D eigenvalue weighted by molar-refractivity contribution is 6.30. The molecule has 2 aromatic carbocycles. The standard InChI is InChI=1S/C14H13ClN6/c15-12-6-7-14(21-10-17-19-20-21)11(8-12)9-16-18-13-4-2-1-3-5-13/h1-8,10,16,18H,9H2. The molecule has 106 valence electrons. The summed E-state index contributed by atoms with van der Waals surface area (Å²) in [5.41, 5.74) is 9.14. The molecule has 0 saturated heterocycles. The molecule has 0 aliphatic rings. The lowest BCUT2D eigenvalue weighted by Gasteiger charge is -2.12. The van der Waals surface area contributed by atoms with E-state index < -0.39 is 0 Å². The molecule has 1 heterocycles. The second kappa shape index (κ2) is 6.34. The molecule has 0 saturated carbocycles. The van der Waals surface area contributed by atoms with Crippen LogP contribution in [0.4, 0.5) is 5.69 Å². The molecule has 3 aromatic rings. The van der Waals surface area contributed by atoms with E-state index in [9.17, 15) is 0 Å². The van der Waals surface area contributed by atoms with Gasteiger partial charge in [0.1, 0.15) is 6.33 Å². The van der Waals surface area contributed by atoms with Crippen molar-refractivity contribution in [2.75, 3.05) is 5.43 Å². The number of rotatable bonds is 5. The fourth-order valence-electron chi connectivity index (χ4n) is 1.95. The Bertz CT molecular complexity index is 699. The maximum atomic E-state index is 6.07. The molecule has 0 bridgehead atoms. The van der Waals surface area contributed by atoms with Gasteiger partial charge in [0.2, 0.25) is 0 Å². The monoisotopic (exact) mass is 300 g/mol. The highest BCUT2D eigenvalue weighted by Crippen LogP contribution is 2.18. The summed E-state index contributed by atoms with van der Waals surface area (Å²) in [6.45, 7) is 0.574. The van der Waals surface area contributed by atoms with Crippen molar-refractivity contribution in [1.82, 2.24) is 25.6 Å². The van der Waals surface area contributed by atoms with Crippen LogP contribution in [-0.2, 0) is 6.54 Å². The summed E-state index contributed by atoms with van der Waals surface area (Å²) < 4.78 is 1.61. The summed E-state index contributed by atoms with van der Waals surface area (Å²) in [5.74, 6) is 0. The number of aromatic nitrogens is 4. The van der Waals surface area contributed by atoms with Crippen LogP contribution in [0.5, 0.6) is 0 Å². The maximum absolute atomic E-state index is 6.07. The first-order chi connectivity index (χ1) is 10.3. The molecule has 21 heavy (non-hydrogen) atoms.